The number of aryl methyl sites for hydroxylation is 2. The number of rotatable bonds is 5. The van der Waals surface area contributed by atoms with E-state index in [1.165, 1.54) is 30.5 Å². The minimum atomic E-state index is 0.149. The maximum atomic E-state index is 4.74. The van der Waals surface area contributed by atoms with E-state index >= 15 is 0 Å². The third kappa shape index (κ3) is 3.26. The Labute approximate surface area is 132 Å². The van der Waals surface area contributed by atoms with E-state index in [0.29, 0.717) is 5.92 Å². The highest BCUT2D eigenvalue weighted by atomic mass is 15.1. The monoisotopic (exact) mass is 296 g/mol. The molecule has 22 heavy (non-hydrogen) atoms. The van der Waals surface area contributed by atoms with Gasteiger partial charge in [0.25, 0.3) is 0 Å². The second-order valence-electron chi connectivity index (χ2n) is 6.25. The van der Waals surface area contributed by atoms with Crippen LogP contribution in [0, 0.1) is 13.8 Å². The van der Waals surface area contributed by atoms with Crippen molar-refractivity contribution in [1.82, 2.24) is 15.0 Å². The van der Waals surface area contributed by atoms with Crippen LogP contribution in [0.3, 0.4) is 0 Å². The van der Waals surface area contributed by atoms with Crippen molar-refractivity contribution in [3.05, 3.63) is 47.0 Å². The third-order valence-corrected chi connectivity index (χ3v) is 4.40. The minimum absolute atomic E-state index is 0.149. The van der Waals surface area contributed by atoms with Crippen LogP contribution in [0.5, 0.6) is 0 Å². The summed E-state index contributed by atoms with van der Waals surface area (Å²) in [5.74, 6) is 1.36. The summed E-state index contributed by atoms with van der Waals surface area (Å²) in [6.45, 7) is 6.29. The van der Waals surface area contributed by atoms with Crippen LogP contribution in [0.1, 0.15) is 67.2 Å². The molecule has 1 N–H and O–H groups in total. The van der Waals surface area contributed by atoms with Gasteiger partial charge in [0.05, 0.1) is 11.7 Å². The zero-order valence-corrected chi connectivity index (χ0v) is 13.6. The molecule has 0 aliphatic heterocycles. The van der Waals surface area contributed by atoms with Gasteiger partial charge in [0.1, 0.15) is 0 Å². The molecule has 2 aromatic heterocycles. The SMILES string of the molecule is CCC(Nc1nc(C)cc(C2CCC2)n1)c1cc(C)ccn1. The van der Waals surface area contributed by atoms with Gasteiger partial charge in [-0.3, -0.25) is 4.98 Å². The van der Waals surface area contributed by atoms with Gasteiger partial charge in [-0.2, -0.15) is 0 Å². The third-order valence-electron chi connectivity index (χ3n) is 4.40. The molecule has 116 valence electrons. The Morgan fingerprint density at radius 1 is 1.23 bits per heavy atom. The van der Waals surface area contributed by atoms with E-state index in [0.717, 1.165) is 23.8 Å². The van der Waals surface area contributed by atoms with Crippen molar-refractivity contribution >= 4 is 5.95 Å². The average Bonchev–Trinajstić information content (AvgIpc) is 2.42. The normalized spacial score (nSPS) is 16.1. The molecule has 1 aliphatic carbocycles. The molecule has 0 amide bonds. The van der Waals surface area contributed by atoms with Crippen LogP contribution in [-0.2, 0) is 0 Å². The van der Waals surface area contributed by atoms with E-state index in [1.807, 2.05) is 19.2 Å². The predicted octanol–water partition coefficient (Wildman–Crippen LogP) is 4.32. The van der Waals surface area contributed by atoms with E-state index in [9.17, 15) is 0 Å². The van der Waals surface area contributed by atoms with E-state index in [-0.39, 0.29) is 6.04 Å². The Balaban J connectivity index is 1.82. The first-order valence-corrected chi connectivity index (χ1v) is 8.20. The summed E-state index contributed by atoms with van der Waals surface area (Å²) < 4.78 is 0. The fourth-order valence-corrected chi connectivity index (χ4v) is 2.86. The molecular weight excluding hydrogens is 272 g/mol. The first-order chi connectivity index (χ1) is 10.7. The van der Waals surface area contributed by atoms with Crippen molar-refractivity contribution in [2.24, 2.45) is 0 Å². The van der Waals surface area contributed by atoms with Gasteiger partial charge in [0.2, 0.25) is 5.95 Å². The Morgan fingerprint density at radius 3 is 2.68 bits per heavy atom. The van der Waals surface area contributed by atoms with Gasteiger partial charge in [-0.15, -0.1) is 0 Å². The first-order valence-electron chi connectivity index (χ1n) is 8.20. The van der Waals surface area contributed by atoms with Gasteiger partial charge in [-0.05, 0) is 56.9 Å². The number of nitrogens with zero attached hydrogens (tertiary/aromatic N) is 3. The van der Waals surface area contributed by atoms with E-state index in [4.69, 9.17) is 4.98 Å². The fourth-order valence-electron chi connectivity index (χ4n) is 2.86. The molecule has 4 nitrogen and oxygen atoms in total. The molecule has 1 saturated carbocycles. The van der Waals surface area contributed by atoms with Crippen LogP contribution in [0.15, 0.2) is 24.4 Å². The summed E-state index contributed by atoms with van der Waals surface area (Å²) >= 11 is 0. The molecule has 1 unspecified atom stereocenters. The molecule has 0 radical (unpaired) electrons. The highest BCUT2D eigenvalue weighted by molar-refractivity contribution is 5.33. The quantitative estimate of drug-likeness (QED) is 0.892. The molecule has 2 heterocycles. The van der Waals surface area contributed by atoms with Gasteiger partial charge < -0.3 is 5.32 Å². The predicted molar refractivity (Wildman–Crippen MR) is 89.0 cm³/mol. The van der Waals surface area contributed by atoms with Crippen molar-refractivity contribution in [3.8, 4) is 0 Å². The van der Waals surface area contributed by atoms with Crippen LogP contribution in [0.4, 0.5) is 5.95 Å². The van der Waals surface area contributed by atoms with Crippen molar-refractivity contribution in [1.29, 1.82) is 0 Å². The zero-order valence-electron chi connectivity index (χ0n) is 13.6. The maximum absolute atomic E-state index is 4.74. The molecule has 0 bridgehead atoms. The van der Waals surface area contributed by atoms with E-state index in [2.05, 4.69) is 41.3 Å². The zero-order chi connectivity index (χ0) is 15.5. The first kappa shape index (κ1) is 14.9. The second-order valence-corrected chi connectivity index (χ2v) is 6.25. The molecule has 4 heteroatoms. The smallest absolute Gasteiger partial charge is 0.223 e. The van der Waals surface area contributed by atoms with Crippen LogP contribution in [-0.4, -0.2) is 15.0 Å². The van der Waals surface area contributed by atoms with Crippen LogP contribution < -0.4 is 5.32 Å². The van der Waals surface area contributed by atoms with Crippen LogP contribution in [0.2, 0.25) is 0 Å². The Morgan fingerprint density at radius 2 is 2.05 bits per heavy atom. The molecule has 0 aromatic carbocycles. The molecule has 2 aromatic rings. The molecule has 1 fully saturated rings. The van der Waals surface area contributed by atoms with Gasteiger partial charge in [0.15, 0.2) is 0 Å². The highest BCUT2D eigenvalue weighted by Gasteiger charge is 2.22. The Hall–Kier alpha value is -1.97. The lowest BCUT2D eigenvalue weighted by Crippen LogP contribution is -2.17. The number of aromatic nitrogens is 3. The number of nitrogens with one attached hydrogen (secondary N) is 1. The topological polar surface area (TPSA) is 50.7 Å². The summed E-state index contributed by atoms with van der Waals surface area (Å²) in [5.41, 5.74) is 4.50. The molecular formula is C18H24N4. The average molecular weight is 296 g/mol. The highest BCUT2D eigenvalue weighted by Crippen LogP contribution is 2.35. The lowest BCUT2D eigenvalue weighted by Gasteiger charge is -2.25. The fraction of sp³-hybridized carbons (Fsp3) is 0.500. The summed E-state index contributed by atoms with van der Waals surface area (Å²) in [6, 6.07) is 6.43. The Bertz CT molecular complexity index is 649. The van der Waals surface area contributed by atoms with Gasteiger partial charge in [0, 0.05) is 23.5 Å². The molecule has 3 rings (SSSR count). The van der Waals surface area contributed by atoms with Crippen molar-refractivity contribution in [2.45, 2.75) is 58.4 Å². The maximum Gasteiger partial charge on any atom is 0.223 e. The van der Waals surface area contributed by atoms with Crippen molar-refractivity contribution < 1.29 is 0 Å². The Kier molecular flexibility index (Phi) is 4.36. The molecule has 0 saturated heterocycles. The molecule has 0 spiro atoms. The summed E-state index contributed by atoms with van der Waals surface area (Å²) in [6.07, 6.45) is 6.65. The second kappa shape index (κ2) is 6.42. The number of anilines is 1. The lowest BCUT2D eigenvalue weighted by atomic mass is 9.83. The molecule has 1 aliphatic rings. The summed E-state index contributed by atoms with van der Waals surface area (Å²) in [4.78, 5) is 13.8. The van der Waals surface area contributed by atoms with Crippen LogP contribution >= 0.6 is 0 Å². The lowest BCUT2D eigenvalue weighted by molar-refractivity contribution is 0.410. The summed E-state index contributed by atoms with van der Waals surface area (Å²) in [7, 11) is 0. The van der Waals surface area contributed by atoms with Crippen molar-refractivity contribution in [2.75, 3.05) is 5.32 Å². The van der Waals surface area contributed by atoms with Gasteiger partial charge >= 0.3 is 0 Å². The largest absolute Gasteiger partial charge is 0.346 e. The minimum Gasteiger partial charge on any atom is -0.346 e. The summed E-state index contributed by atoms with van der Waals surface area (Å²) in [5, 5.41) is 3.47. The number of pyridine rings is 1. The van der Waals surface area contributed by atoms with Gasteiger partial charge in [-0.1, -0.05) is 13.3 Å². The molecule has 1 atom stereocenters. The van der Waals surface area contributed by atoms with E-state index in [1.54, 1.807) is 0 Å². The number of hydrogen-bond donors (Lipinski definition) is 1. The van der Waals surface area contributed by atoms with E-state index < -0.39 is 0 Å². The number of hydrogen-bond acceptors (Lipinski definition) is 4. The van der Waals surface area contributed by atoms with Crippen LogP contribution in [0.25, 0.3) is 0 Å². The van der Waals surface area contributed by atoms with Gasteiger partial charge in [-0.25, -0.2) is 9.97 Å². The standard InChI is InChI=1S/C18H24N4/c1-4-15(17-10-12(2)8-9-19-17)21-18-20-13(3)11-16(22-18)14-6-5-7-14/h8-11,14-15H,4-7H2,1-3H3,(H,20,21,22). The van der Waals surface area contributed by atoms with Crippen molar-refractivity contribution in [3.63, 3.8) is 0 Å².